The molecule has 0 bridgehead atoms. The second-order valence-corrected chi connectivity index (χ2v) is 13.4. The lowest BCUT2D eigenvalue weighted by atomic mass is 9.48. The lowest BCUT2D eigenvalue weighted by Crippen LogP contribution is -2.50. The molecule has 0 unspecified atom stereocenters. The highest BCUT2D eigenvalue weighted by atomic mass is 15.1. The van der Waals surface area contributed by atoms with Gasteiger partial charge in [-0.15, -0.1) is 0 Å². The molecule has 1 aromatic heterocycles. The standard InChI is InChI=1S/C48H32BN3/c1-5-15-33(16-6-1)39-29-41(34-17-7-2-8-18-34)47-40-26-25-38(31-46(40)52-45-24-14-13-23-37(45)27-28-49(52)42(47)30-39)48-50-43(35-19-9-3-10-20-35)32-44(51-48)36-21-11-4-12-22-36/h1-32H. The topological polar surface area (TPSA) is 29.0 Å². The van der Waals surface area contributed by atoms with Crippen molar-refractivity contribution < 1.29 is 0 Å². The van der Waals surface area contributed by atoms with Crippen LogP contribution in [0.15, 0.2) is 188 Å². The van der Waals surface area contributed by atoms with E-state index in [-0.39, 0.29) is 6.85 Å². The molecule has 52 heavy (non-hydrogen) atoms. The predicted molar refractivity (Wildman–Crippen MR) is 218 cm³/mol. The van der Waals surface area contributed by atoms with Crippen LogP contribution in [0.4, 0.5) is 11.4 Å². The van der Waals surface area contributed by atoms with E-state index in [0.717, 1.165) is 33.8 Å². The molecule has 0 aliphatic carbocycles. The largest absolute Gasteiger partial charge is 0.376 e. The summed E-state index contributed by atoms with van der Waals surface area (Å²) in [6.45, 7) is -0.00442. The first-order valence-electron chi connectivity index (χ1n) is 17.8. The molecule has 3 heterocycles. The van der Waals surface area contributed by atoms with Crippen LogP contribution >= 0.6 is 0 Å². The van der Waals surface area contributed by atoms with Gasteiger partial charge in [0.1, 0.15) is 0 Å². The van der Waals surface area contributed by atoms with Crippen LogP contribution in [0.3, 0.4) is 0 Å². The maximum absolute atomic E-state index is 5.21. The van der Waals surface area contributed by atoms with Crippen molar-refractivity contribution in [3.8, 4) is 67.3 Å². The third-order valence-electron chi connectivity index (χ3n) is 10.3. The second-order valence-electron chi connectivity index (χ2n) is 13.4. The van der Waals surface area contributed by atoms with E-state index >= 15 is 0 Å². The Bertz CT molecular complexity index is 2560. The van der Waals surface area contributed by atoms with E-state index in [1.165, 1.54) is 50.1 Å². The first-order valence-corrected chi connectivity index (χ1v) is 17.8. The smallest absolute Gasteiger partial charge is 0.321 e. The van der Waals surface area contributed by atoms with E-state index in [2.05, 4.69) is 187 Å². The molecule has 4 heteroatoms. The van der Waals surface area contributed by atoms with E-state index in [9.17, 15) is 0 Å². The molecular weight excluding hydrogens is 629 g/mol. The summed E-state index contributed by atoms with van der Waals surface area (Å²) in [5.74, 6) is 3.06. The summed E-state index contributed by atoms with van der Waals surface area (Å²) in [5, 5.41) is 0. The Kier molecular flexibility index (Phi) is 7.25. The number of para-hydroxylation sites is 1. The number of benzene rings is 7. The van der Waals surface area contributed by atoms with Crippen LogP contribution < -0.4 is 10.3 Å². The summed E-state index contributed by atoms with van der Waals surface area (Å²) in [7, 11) is 0. The Labute approximate surface area is 304 Å². The monoisotopic (exact) mass is 661 g/mol. The van der Waals surface area contributed by atoms with Crippen LogP contribution in [0.2, 0.25) is 0 Å². The fourth-order valence-corrected chi connectivity index (χ4v) is 7.81. The molecule has 0 fully saturated rings. The molecule has 0 saturated carbocycles. The minimum Gasteiger partial charge on any atom is -0.376 e. The molecule has 242 valence electrons. The zero-order chi connectivity index (χ0) is 34.4. The molecule has 2 aliphatic rings. The first-order chi connectivity index (χ1) is 25.8. The van der Waals surface area contributed by atoms with Crippen LogP contribution in [0.25, 0.3) is 73.4 Å². The molecule has 0 N–H and O–H groups in total. The summed E-state index contributed by atoms with van der Waals surface area (Å²) >= 11 is 0. The molecule has 8 aromatic rings. The van der Waals surface area contributed by atoms with Crippen molar-refractivity contribution in [2.75, 3.05) is 4.81 Å². The normalized spacial score (nSPS) is 12.5. The van der Waals surface area contributed by atoms with Crippen molar-refractivity contribution >= 4 is 29.8 Å². The number of fused-ring (bicyclic) bond motifs is 8. The van der Waals surface area contributed by atoms with E-state index in [4.69, 9.17) is 9.97 Å². The van der Waals surface area contributed by atoms with Crippen LogP contribution in [0.1, 0.15) is 5.56 Å². The first kappa shape index (κ1) is 30.1. The minimum absolute atomic E-state index is 0.00442. The van der Waals surface area contributed by atoms with Crippen LogP contribution in [0, 0.1) is 0 Å². The number of hydrogen-bond donors (Lipinski definition) is 0. The highest BCUT2D eigenvalue weighted by molar-refractivity contribution is 6.85. The van der Waals surface area contributed by atoms with Gasteiger partial charge in [0.2, 0.25) is 0 Å². The summed E-state index contributed by atoms with van der Waals surface area (Å²) in [6.07, 6.45) is 2.28. The number of hydrogen-bond acceptors (Lipinski definition) is 3. The summed E-state index contributed by atoms with van der Waals surface area (Å²) in [4.78, 5) is 12.9. The Hall–Kier alpha value is -6.78. The zero-order valence-corrected chi connectivity index (χ0v) is 28.4. The van der Waals surface area contributed by atoms with Crippen molar-refractivity contribution in [2.45, 2.75) is 0 Å². The van der Waals surface area contributed by atoms with Crippen LogP contribution in [0.5, 0.6) is 0 Å². The van der Waals surface area contributed by atoms with Gasteiger partial charge in [0.15, 0.2) is 5.82 Å². The van der Waals surface area contributed by atoms with Crippen molar-refractivity contribution in [2.24, 2.45) is 0 Å². The lowest BCUT2D eigenvalue weighted by molar-refractivity contribution is 1.18. The molecule has 3 nitrogen and oxygen atoms in total. The highest BCUT2D eigenvalue weighted by Gasteiger charge is 2.38. The predicted octanol–water partition coefficient (Wildman–Crippen LogP) is 11.4. The van der Waals surface area contributed by atoms with Gasteiger partial charge in [-0.3, -0.25) is 0 Å². The Morgan fingerprint density at radius 2 is 0.981 bits per heavy atom. The number of anilines is 2. The molecule has 7 aromatic carbocycles. The summed E-state index contributed by atoms with van der Waals surface area (Å²) in [6, 6.07) is 64.7. The van der Waals surface area contributed by atoms with E-state index in [1.54, 1.807) is 0 Å². The van der Waals surface area contributed by atoms with E-state index in [1.807, 2.05) is 12.1 Å². The highest BCUT2D eigenvalue weighted by Crippen LogP contribution is 2.48. The molecular formula is C48H32BN3. The lowest BCUT2D eigenvalue weighted by Gasteiger charge is -2.41. The van der Waals surface area contributed by atoms with Crippen molar-refractivity contribution in [1.82, 2.24) is 9.97 Å². The van der Waals surface area contributed by atoms with Crippen molar-refractivity contribution in [3.05, 3.63) is 194 Å². The molecule has 0 atom stereocenters. The van der Waals surface area contributed by atoms with Gasteiger partial charge in [0, 0.05) is 33.6 Å². The van der Waals surface area contributed by atoms with Gasteiger partial charge in [0.25, 0.3) is 0 Å². The second kappa shape index (κ2) is 12.5. The molecule has 2 aliphatic heterocycles. The molecule has 10 rings (SSSR count). The molecule has 0 spiro atoms. The molecule has 0 saturated heterocycles. The summed E-state index contributed by atoms with van der Waals surface area (Å²) in [5.41, 5.74) is 17.0. The Morgan fingerprint density at radius 3 is 1.63 bits per heavy atom. The number of nitrogens with zero attached hydrogens (tertiary/aromatic N) is 3. The van der Waals surface area contributed by atoms with Crippen molar-refractivity contribution in [1.29, 1.82) is 0 Å². The van der Waals surface area contributed by atoms with Gasteiger partial charge < -0.3 is 4.81 Å². The molecule has 0 radical (unpaired) electrons. The average Bonchev–Trinajstić information content (AvgIpc) is 3.24. The van der Waals surface area contributed by atoms with Gasteiger partial charge in [-0.1, -0.05) is 170 Å². The van der Waals surface area contributed by atoms with Gasteiger partial charge in [0.05, 0.1) is 11.4 Å². The maximum Gasteiger partial charge on any atom is 0.321 e. The van der Waals surface area contributed by atoms with Gasteiger partial charge >= 0.3 is 6.85 Å². The van der Waals surface area contributed by atoms with Gasteiger partial charge in [-0.05, 0) is 63.1 Å². The van der Waals surface area contributed by atoms with E-state index in [0.29, 0.717) is 5.82 Å². The third-order valence-corrected chi connectivity index (χ3v) is 10.3. The fraction of sp³-hybridized carbons (Fsp3) is 0. The van der Waals surface area contributed by atoms with Crippen molar-refractivity contribution in [3.63, 3.8) is 0 Å². The van der Waals surface area contributed by atoms with Gasteiger partial charge in [-0.2, -0.15) is 0 Å². The third kappa shape index (κ3) is 5.16. The van der Waals surface area contributed by atoms with Gasteiger partial charge in [-0.25, -0.2) is 9.97 Å². The Balaban J connectivity index is 1.23. The Morgan fingerprint density at radius 1 is 0.404 bits per heavy atom. The van der Waals surface area contributed by atoms with E-state index < -0.39 is 0 Å². The summed E-state index contributed by atoms with van der Waals surface area (Å²) < 4.78 is 0. The van der Waals surface area contributed by atoms with Crippen LogP contribution in [-0.4, -0.2) is 16.8 Å². The number of rotatable bonds is 5. The minimum atomic E-state index is -0.00442. The fourth-order valence-electron chi connectivity index (χ4n) is 7.81. The average molecular weight is 662 g/mol. The molecule has 0 amide bonds. The van der Waals surface area contributed by atoms with Crippen LogP contribution in [-0.2, 0) is 0 Å². The quantitative estimate of drug-likeness (QED) is 0.172. The maximum atomic E-state index is 5.21. The SMILES string of the molecule is C1=Cc2ccccc2N2B1c1cc(-c3ccccc3)cc(-c3ccccc3)c1-c1ccc(-c3nc(-c4ccccc4)cc(-c4ccccc4)n3)cc12. The number of aromatic nitrogens is 2. The zero-order valence-electron chi connectivity index (χ0n) is 28.4.